The second-order valence-corrected chi connectivity index (χ2v) is 5.65. The first kappa shape index (κ1) is 16.2. The molecular weight excluding hydrogens is 313 g/mol. The lowest BCUT2D eigenvalue weighted by Gasteiger charge is -2.37. The molecule has 2 heterocycles. The Kier molecular flexibility index (Phi) is 4.56. The fourth-order valence-corrected chi connectivity index (χ4v) is 2.85. The van der Waals surface area contributed by atoms with Gasteiger partial charge in [-0.3, -0.25) is 9.69 Å². The van der Waals surface area contributed by atoms with Gasteiger partial charge in [0.2, 0.25) is 5.91 Å². The number of piperidine rings is 1. The predicted molar refractivity (Wildman–Crippen MR) is 75.3 cm³/mol. The van der Waals surface area contributed by atoms with Crippen LogP contribution >= 0.6 is 0 Å². The topological polar surface area (TPSA) is 50.8 Å². The van der Waals surface area contributed by atoms with Crippen LogP contribution in [0.1, 0.15) is 12.8 Å². The summed E-state index contributed by atoms with van der Waals surface area (Å²) >= 11 is 0. The van der Waals surface area contributed by atoms with E-state index in [1.165, 1.54) is 0 Å². The number of nitrogens with one attached hydrogen (secondary N) is 1. The average Bonchev–Trinajstić information content (AvgIpc) is 2.99. The largest absolute Gasteiger partial charge is 0.347 e. The van der Waals surface area contributed by atoms with E-state index in [0.717, 1.165) is 12.1 Å². The number of carbonyl (C=O) groups is 1. The van der Waals surface area contributed by atoms with Crippen LogP contribution in [0.25, 0.3) is 0 Å². The lowest BCUT2D eigenvalue weighted by atomic mass is 10.0. The Bertz CT molecular complexity index is 596. The number of ether oxygens (including phenoxy) is 2. The minimum atomic E-state index is -1.60. The molecule has 0 radical (unpaired) electrons. The van der Waals surface area contributed by atoms with Gasteiger partial charge < -0.3 is 14.8 Å². The van der Waals surface area contributed by atoms with Crippen molar-refractivity contribution in [1.82, 2.24) is 4.90 Å². The van der Waals surface area contributed by atoms with E-state index in [-0.39, 0.29) is 12.2 Å². The minimum Gasteiger partial charge on any atom is -0.347 e. The molecule has 1 N–H and O–H groups in total. The van der Waals surface area contributed by atoms with Crippen LogP contribution in [-0.4, -0.2) is 49.4 Å². The average molecular weight is 330 g/mol. The second-order valence-electron chi connectivity index (χ2n) is 5.65. The quantitative estimate of drug-likeness (QED) is 0.860. The van der Waals surface area contributed by atoms with E-state index in [1.807, 2.05) is 4.90 Å². The molecule has 1 amide bonds. The zero-order valence-corrected chi connectivity index (χ0v) is 12.4. The van der Waals surface area contributed by atoms with Gasteiger partial charge in [-0.25, -0.2) is 13.2 Å². The summed E-state index contributed by atoms with van der Waals surface area (Å²) in [6.07, 6.45) is 1.31. The normalized spacial score (nSPS) is 20.8. The van der Waals surface area contributed by atoms with E-state index in [9.17, 15) is 18.0 Å². The minimum absolute atomic E-state index is 0.0362. The predicted octanol–water partition coefficient (Wildman–Crippen LogP) is 1.88. The molecule has 2 fully saturated rings. The Morgan fingerprint density at radius 2 is 1.78 bits per heavy atom. The first-order chi connectivity index (χ1) is 11.0. The number of carbonyl (C=O) groups excluding carboxylic acids is 1. The van der Waals surface area contributed by atoms with E-state index >= 15 is 0 Å². The van der Waals surface area contributed by atoms with Gasteiger partial charge in [0.15, 0.2) is 23.2 Å². The third kappa shape index (κ3) is 3.49. The number of halogens is 3. The molecule has 2 saturated heterocycles. The summed E-state index contributed by atoms with van der Waals surface area (Å²) in [5.41, 5.74) is -0.371. The molecule has 8 heteroatoms. The van der Waals surface area contributed by atoms with Crippen molar-refractivity contribution in [1.29, 1.82) is 0 Å². The number of likely N-dealkylation sites (tertiary alicyclic amines) is 1. The van der Waals surface area contributed by atoms with Gasteiger partial charge in [-0.15, -0.1) is 0 Å². The molecule has 1 spiro atoms. The zero-order chi connectivity index (χ0) is 16.4. The summed E-state index contributed by atoms with van der Waals surface area (Å²) in [6, 6.07) is 1.77. The molecule has 1 aromatic carbocycles. The van der Waals surface area contributed by atoms with Gasteiger partial charge >= 0.3 is 0 Å². The number of rotatable bonds is 3. The third-order valence-corrected chi connectivity index (χ3v) is 4.11. The number of hydrogen-bond acceptors (Lipinski definition) is 4. The maximum atomic E-state index is 13.5. The molecule has 2 aliphatic rings. The lowest BCUT2D eigenvalue weighted by Crippen LogP contribution is -2.47. The van der Waals surface area contributed by atoms with Crippen molar-refractivity contribution >= 4 is 11.6 Å². The third-order valence-electron chi connectivity index (χ3n) is 4.11. The fourth-order valence-electron chi connectivity index (χ4n) is 2.85. The summed E-state index contributed by atoms with van der Waals surface area (Å²) in [5, 5.41) is 2.26. The summed E-state index contributed by atoms with van der Waals surface area (Å²) in [7, 11) is 0. The first-order valence-electron chi connectivity index (χ1n) is 7.43. The Balaban J connectivity index is 1.53. The number of anilines is 1. The van der Waals surface area contributed by atoms with Gasteiger partial charge in [-0.05, 0) is 12.1 Å². The summed E-state index contributed by atoms with van der Waals surface area (Å²) in [4.78, 5) is 13.8. The van der Waals surface area contributed by atoms with Crippen LogP contribution in [0.15, 0.2) is 12.1 Å². The molecule has 126 valence electrons. The highest BCUT2D eigenvalue weighted by molar-refractivity contribution is 5.92. The van der Waals surface area contributed by atoms with Crippen molar-refractivity contribution < 1.29 is 27.4 Å². The molecule has 3 rings (SSSR count). The van der Waals surface area contributed by atoms with Crippen molar-refractivity contribution in [2.45, 2.75) is 18.6 Å². The number of amides is 1. The molecule has 0 unspecified atom stereocenters. The Labute approximate surface area is 131 Å². The van der Waals surface area contributed by atoms with Crippen LogP contribution in [0.2, 0.25) is 0 Å². The standard InChI is InChI=1S/C15H17F3N2O3/c16-10-1-2-11(14(18)13(10)17)19-12(21)9-20-5-3-15(4-6-20)22-7-8-23-15/h1-2H,3-9H2,(H,19,21). The van der Waals surface area contributed by atoms with Gasteiger partial charge in [0, 0.05) is 25.9 Å². The molecule has 1 aromatic rings. The van der Waals surface area contributed by atoms with E-state index in [4.69, 9.17) is 9.47 Å². The van der Waals surface area contributed by atoms with Crippen LogP contribution in [-0.2, 0) is 14.3 Å². The fraction of sp³-hybridized carbons (Fsp3) is 0.533. The second kappa shape index (κ2) is 6.46. The van der Waals surface area contributed by atoms with Gasteiger partial charge in [0.25, 0.3) is 0 Å². The Morgan fingerprint density at radius 3 is 2.43 bits per heavy atom. The smallest absolute Gasteiger partial charge is 0.238 e. The first-order valence-corrected chi connectivity index (χ1v) is 7.43. The van der Waals surface area contributed by atoms with Crippen molar-refractivity contribution in [3.05, 3.63) is 29.6 Å². The van der Waals surface area contributed by atoms with Crippen LogP contribution in [0.5, 0.6) is 0 Å². The molecule has 0 atom stereocenters. The van der Waals surface area contributed by atoms with Crippen molar-refractivity contribution in [2.24, 2.45) is 0 Å². The Hall–Kier alpha value is -1.64. The van der Waals surface area contributed by atoms with Crippen LogP contribution in [0.3, 0.4) is 0 Å². The van der Waals surface area contributed by atoms with E-state index in [0.29, 0.717) is 39.1 Å². The van der Waals surface area contributed by atoms with Gasteiger partial charge in [-0.2, -0.15) is 0 Å². The monoisotopic (exact) mass is 330 g/mol. The van der Waals surface area contributed by atoms with E-state index in [1.54, 1.807) is 0 Å². The molecule has 2 aliphatic heterocycles. The van der Waals surface area contributed by atoms with Gasteiger partial charge in [0.1, 0.15) is 0 Å². The summed E-state index contributed by atoms with van der Waals surface area (Å²) in [6.45, 7) is 2.40. The molecule has 0 bridgehead atoms. The lowest BCUT2D eigenvalue weighted by molar-refractivity contribution is -0.185. The van der Waals surface area contributed by atoms with E-state index in [2.05, 4.69) is 5.32 Å². The molecule has 0 aliphatic carbocycles. The van der Waals surface area contributed by atoms with E-state index < -0.39 is 29.1 Å². The maximum absolute atomic E-state index is 13.5. The highest BCUT2D eigenvalue weighted by atomic mass is 19.2. The van der Waals surface area contributed by atoms with Crippen LogP contribution in [0, 0.1) is 17.5 Å². The van der Waals surface area contributed by atoms with Crippen LogP contribution in [0.4, 0.5) is 18.9 Å². The zero-order valence-electron chi connectivity index (χ0n) is 12.4. The highest BCUT2D eigenvalue weighted by Crippen LogP contribution is 2.31. The SMILES string of the molecule is O=C(CN1CCC2(CC1)OCCO2)Nc1ccc(F)c(F)c1F. The van der Waals surface area contributed by atoms with Crippen molar-refractivity contribution in [3.63, 3.8) is 0 Å². The van der Waals surface area contributed by atoms with Gasteiger partial charge in [-0.1, -0.05) is 0 Å². The van der Waals surface area contributed by atoms with Crippen LogP contribution < -0.4 is 5.32 Å². The molecule has 0 saturated carbocycles. The Morgan fingerprint density at radius 1 is 1.13 bits per heavy atom. The van der Waals surface area contributed by atoms with Crippen molar-refractivity contribution in [2.75, 3.05) is 38.2 Å². The molecular formula is C15H17F3N2O3. The maximum Gasteiger partial charge on any atom is 0.238 e. The number of hydrogen-bond donors (Lipinski definition) is 1. The molecule has 23 heavy (non-hydrogen) atoms. The molecule has 0 aromatic heterocycles. The number of benzene rings is 1. The summed E-state index contributed by atoms with van der Waals surface area (Å²) in [5.74, 6) is -5.31. The van der Waals surface area contributed by atoms with Crippen molar-refractivity contribution in [3.8, 4) is 0 Å². The molecule has 5 nitrogen and oxygen atoms in total. The van der Waals surface area contributed by atoms with Gasteiger partial charge in [0.05, 0.1) is 25.4 Å². The highest BCUT2D eigenvalue weighted by Gasteiger charge is 2.39. The number of nitrogens with zero attached hydrogens (tertiary/aromatic N) is 1. The summed E-state index contributed by atoms with van der Waals surface area (Å²) < 4.78 is 50.7.